The summed E-state index contributed by atoms with van der Waals surface area (Å²) < 4.78 is 37.8. The van der Waals surface area contributed by atoms with Gasteiger partial charge in [0.15, 0.2) is 0 Å². The van der Waals surface area contributed by atoms with E-state index in [1.165, 1.54) is 6.20 Å². The van der Waals surface area contributed by atoms with Gasteiger partial charge in [-0.15, -0.1) is 0 Å². The fraction of sp³-hybridized carbons (Fsp3) is 0.182. The number of benzene rings is 1. The number of halogens is 3. The minimum absolute atomic E-state index is 0.175. The lowest BCUT2D eigenvalue weighted by molar-refractivity contribution is -0.115. The monoisotopic (exact) mass is 241 g/mol. The number of para-hydroxylation sites is 1. The molecule has 0 aliphatic rings. The van der Waals surface area contributed by atoms with Gasteiger partial charge in [-0.25, -0.2) is 4.98 Å². The van der Waals surface area contributed by atoms with Crippen molar-refractivity contribution in [3.8, 4) is 5.69 Å². The van der Waals surface area contributed by atoms with E-state index < -0.39 is 12.7 Å². The van der Waals surface area contributed by atoms with E-state index in [1.807, 2.05) is 18.2 Å². The summed E-state index contributed by atoms with van der Waals surface area (Å²) in [5.74, 6) is 0.175. The van der Waals surface area contributed by atoms with Gasteiger partial charge in [-0.2, -0.15) is 13.2 Å². The molecule has 0 aliphatic carbocycles. The van der Waals surface area contributed by atoms with Crippen molar-refractivity contribution in [3.63, 3.8) is 0 Å². The summed E-state index contributed by atoms with van der Waals surface area (Å²) in [6, 6.07) is 9.04. The minimum atomic E-state index is -4.26. The summed E-state index contributed by atoms with van der Waals surface area (Å²) in [5.41, 5.74) is 0.759. The van der Waals surface area contributed by atoms with Gasteiger partial charge in [-0.3, -0.25) is 4.57 Å². The van der Waals surface area contributed by atoms with Gasteiger partial charge >= 0.3 is 6.18 Å². The predicted molar refractivity (Wildman–Crippen MR) is 58.1 cm³/mol. The molecule has 0 saturated heterocycles. The van der Waals surface area contributed by atoms with Crippen molar-refractivity contribution in [2.45, 2.75) is 6.18 Å². The molecule has 1 aromatic carbocycles. The lowest BCUT2D eigenvalue weighted by Gasteiger charge is -2.11. The van der Waals surface area contributed by atoms with Gasteiger partial charge in [0, 0.05) is 18.1 Å². The number of imidazole rings is 1. The van der Waals surface area contributed by atoms with Crippen LogP contribution < -0.4 is 5.32 Å². The molecule has 0 atom stereocenters. The van der Waals surface area contributed by atoms with Gasteiger partial charge in [0.1, 0.15) is 6.54 Å². The molecule has 17 heavy (non-hydrogen) atoms. The largest absolute Gasteiger partial charge is 0.405 e. The van der Waals surface area contributed by atoms with E-state index in [-0.39, 0.29) is 5.95 Å². The molecular formula is C11H10F3N3. The van der Waals surface area contributed by atoms with E-state index in [9.17, 15) is 13.2 Å². The van der Waals surface area contributed by atoms with Gasteiger partial charge in [0.2, 0.25) is 5.95 Å². The number of hydrogen-bond donors (Lipinski definition) is 1. The number of alkyl halides is 3. The van der Waals surface area contributed by atoms with Crippen LogP contribution in [-0.2, 0) is 0 Å². The van der Waals surface area contributed by atoms with Crippen LogP contribution in [-0.4, -0.2) is 22.3 Å². The van der Waals surface area contributed by atoms with Gasteiger partial charge < -0.3 is 5.32 Å². The van der Waals surface area contributed by atoms with Crippen LogP contribution in [0.5, 0.6) is 0 Å². The summed E-state index contributed by atoms with van der Waals surface area (Å²) in [5, 5.41) is 2.26. The van der Waals surface area contributed by atoms with Gasteiger partial charge in [-0.05, 0) is 12.1 Å². The van der Waals surface area contributed by atoms with Crippen LogP contribution in [0, 0.1) is 0 Å². The fourth-order valence-corrected chi connectivity index (χ4v) is 1.41. The summed E-state index contributed by atoms with van der Waals surface area (Å²) in [4.78, 5) is 3.85. The second kappa shape index (κ2) is 4.48. The number of hydrogen-bond acceptors (Lipinski definition) is 2. The Morgan fingerprint density at radius 2 is 1.88 bits per heavy atom. The molecule has 3 nitrogen and oxygen atoms in total. The Kier molecular flexibility index (Phi) is 3.03. The predicted octanol–water partition coefficient (Wildman–Crippen LogP) is 2.85. The van der Waals surface area contributed by atoms with Crippen LogP contribution in [0.3, 0.4) is 0 Å². The number of nitrogens with one attached hydrogen (secondary N) is 1. The van der Waals surface area contributed by atoms with Crippen LogP contribution in [0.15, 0.2) is 42.7 Å². The first-order valence-corrected chi connectivity index (χ1v) is 4.96. The molecule has 0 amide bonds. The summed E-state index contributed by atoms with van der Waals surface area (Å²) in [7, 11) is 0. The first kappa shape index (κ1) is 11.5. The maximum atomic E-state index is 12.1. The van der Waals surface area contributed by atoms with Crippen molar-refractivity contribution in [2.24, 2.45) is 0 Å². The molecule has 0 aliphatic heterocycles. The molecule has 0 unspecified atom stereocenters. The normalized spacial score (nSPS) is 11.5. The lowest BCUT2D eigenvalue weighted by Crippen LogP contribution is -2.22. The smallest absolute Gasteiger partial charge is 0.346 e. The molecule has 0 saturated carbocycles. The second-order valence-electron chi connectivity index (χ2n) is 3.43. The lowest BCUT2D eigenvalue weighted by atomic mass is 10.3. The molecule has 2 aromatic rings. The summed E-state index contributed by atoms with van der Waals surface area (Å²) in [6.07, 6.45) is -1.20. The highest BCUT2D eigenvalue weighted by molar-refractivity contribution is 5.41. The molecule has 2 rings (SSSR count). The molecule has 6 heteroatoms. The highest BCUT2D eigenvalue weighted by Crippen LogP contribution is 2.18. The van der Waals surface area contributed by atoms with Crippen molar-refractivity contribution in [1.29, 1.82) is 0 Å². The molecule has 90 valence electrons. The van der Waals surface area contributed by atoms with Crippen LogP contribution in [0.2, 0.25) is 0 Å². The first-order chi connectivity index (χ1) is 8.06. The zero-order valence-electron chi connectivity index (χ0n) is 8.78. The van der Waals surface area contributed by atoms with Crippen molar-refractivity contribution >= 4 is 5.95 Å². The van der Waals surface area contributed by atoms with E-state index in [4.69, 9.17) is 0 Å². The second-order valence-corrected chi connectivity index (χ2v) is 3.43. The van der Waals surface area contributed by atoms with Crippen LogP contribution in [0.4, 0.5) is 19.1 Å². The number of anilines is 1. The number of nitrogens with zero attached hydrogens (tertiary/aromatic N) is 2. The molecule has 1 aromatic heterocycles. The zero-order valence-corrected chi connectivity index (χ0v) is 8.78. The highest BCUT2D eigenvalue weighted by Gasteiger charge is 2.27. The third-order valence-electron chi connectivity index (χ3n) is 2.12. The maximum Gasteiger partial charge on any atom is 0.405 e. The van der Waals surface area contributed by atoms with E-state index in [0.717, 1.165) is 5.69 Å². The molecule has 1 N–H and O–H groups in total. The molecule has 1 heterocycles. The summed E-state index contributed by atoms with van der Waals surface area (Å²) >= 11 is 0. The Balaban J connectivity index is 2.18. The zero-order chi connectivity index (χ0) is 12.3. The number of rotatable bonds is 3. The van der Waals surface area contributed by atoms with Crippen molar-refractivity contribution in [3.05, 3.63) is 42.7 Å². The van der Waals surface area contributed by atoms with Crippen molar-refractivity contribution in [2.75, 3.05) is 11.9 Å². The van der Waals surface area contributed by atoms with E-state index >= 15 is 0 Å². The fourth-order valence-electron chi connectivity index (χ4n) is 1.41. The third kappa shape index (κ3) is 2.99. The SMILES string of the molecule is FC(F)(F)CNc1nccn1-c1ccccc1. The summed E-state index contributed by atoms with van der Waals surface area (Å²) in [6.45, 7) is -1.10. The number of aromatic nitrogens is 2. The van der Waals surface area contributed by atoms with Crippen molar-refractivity contribution in [1.82, 2.24) is 9.55 Å². The topological polar surface area (TPSA) is 29.9 Å². The minimum Gasteiger partial charge on any atom is -0.346 e. The third-order valence-corrected chi connectivity index (χ3v) is 2.12. The molecule has 0 fully saturated rings. The van der Waals surface area contributed by atoms with E-state index in [0.29, 0.717) is 0 Å². The van der Waals surface area contributed by atoms with Gasteiger partial charge in [0.25, 0.3) is 0 Å². The van der Waals surface area contributed by atoms with E-state index in [2.05, 4.69) is 10.3 Å². The average Bonchev–Trinajstić information content (AvgIpc) is 2.75. The quantitative estimate of drug-likeness (QED) is 0.895. The van der Waals surface area contributed by atoms with Gasteiger partial charge in [-0.1, -0.05) is 18.2 Å². The van der Waals surface area contributed by atoms with E-state index in [1.54, 1.807) is 22.9 Å². The Bertz CT molecular complexity index is 476. The standard InChI is InChI=1S/C11H10F3N3/c12-11(13,14)8-16-10-15-6-7-17(10)9-4-2-1-3-5-9/h1-7H,8H2,(H,15,16). The van der Waals surface area contributed by atoms with Gasteiger partial charge in [0.05, 0.1) is 0 Å². The van der Waals surface area contributed by atoms with Crippen molar-refractivity contribution < 1.29 is 13.2 Å². The average molecular weight is 241 g/mol. The Hall–Kier alpha value is -1.98. The Labute approximate surface area is 95.9 Å². The van der Waals surface area contributed by atoms with Crippen LogP contribution in [0.25, 0.3) is 5.69 Å². The molecule has 0 bridgehead atoms. The highest BCUT2D eigenvalue weighted by atomic mass is 19.4. The molecular weight excluding hydrogens is 231 g/mol. The maximum absolute atomic E-state index is 12.1. The molecule has 0 spiro atoms. The molecule has 0 radical (unpaired) electrons. The Morgan fingerprint density at radius 1 is 1.18 bits per heavy atom. The van der Waals surface area contributed by atoms with Crippen LogP contribution in [0.1, 0.15) is 0 Å². The Morgan fingerprint density at radius 3 is 2.53 bits per heavy atom. The van der Waals surface area contributed by atoms with Crippen LogP contribution >= 0.6 is 0 Å². The first-order valence-electron chi connectivity index (χ1n) is 4.96.